The SMILES string of the molecule is CNC(=O)C1=C(C(=O)Nc2ccc(CC(=O)c3ccc(C)c(Cl)c3)cc2)CC=N1. The monoisotopic (exact) mass is 409 g/mol. The lowest BCUT2D eigenvalue weighted by molar-refractivity contribution is -0.118. The molecular weight excluding hydrogens is 390 g/mol. The molecular formula is C22H20ClN3O3. The number of carbonyl (C=O) groups is 3. The first-order valence-corrected chi connectivity index (χ1v) is 9.44. The van der Waals surface area contributed by atoms with Crippen molar-refractivity contribution in [2.75, 3.05) is 12.4 Å². The Labute approximate surface area is 173 Å². The third-order valence-corrected chi connectivity index (χ3v) is 5.00. The minimum atomic E-state index is -0.394. The lowest BCUT2D eigenvalue weighted by Crippen LogP contribution is -2.23. The number of anilines is 1. The summed E-state index contributed by atoms with van der Waals surface area (Å²) in [5, 5.41) is 5.80. The van der Waals surface area contributed by atoms with Crippen LogP contribution in [0.5, 0.6) is 0 Å². The van der Waals surface area contributed by atoms with Crippen LogP contribution in [0, 0.1) is 6.92 Å². The number of carbonyl (C=O) groups excluding carboxylic acids is 3. The summed E-state index contributed by atoms with van der Waals surface area (Å²) in [7, 11) is 1.49. The van der Waals surface area contributed by atoms with Crippen LogP contribution in [0.15, 0.2) is 58.7 Å². The fraction of sp³-hybridized carbons (Fsp3) is 0.182. The van der Waals surface area contributed by atoms with E-state index in [-0.39, 0.29) is 23.8 Å². The number of nitrogens with zero attached hydrogens (tertiary/aromatic N) is 1. The first kappa shape index (κ1) is 20.5. The summed E-state index contributed by atoms with van der Waals surface area (Å²) < 4.78 is 0. The van der Waals surface area contributed by atoms with Gasteiger partial charge in [-0.1, -0.05) is 35.9 Å². The highest BCUT2D eigenvalue weighted by molar-refractivity contribution is 6.31. The maximum absolute atomic E-state index is 12.5. The van der Waals surface area contributed by atoms with Gasteiger partial charge >= 0.3 is 0 Å². The molecule has 0 radical (unpaired) electrons. The fourth-order valence-electron chi connectivity index (χ4n) is 2.88. The van der Waals surface area contributed by atoms with Gasteiger partial charge < -0.3 is 10.6 Å². The third-order valence-electron chi connectivity index (χ3n) is 4.59. The number of hydrogen-bond donors (Lipinski definition) is 2. The molecule has 0 fully saturated rings. The molecule has 0 aliphatic carbocycles. The van der Waals surface area contributed by atoms with Crippen molar-refractivity contribution in [3.05, 3.63) is 75.4 Å². The minimum absolute atomic E-state index is 0.0350. The molecule has 2 amide bonds. The molecule has 1 aliphatic heterocycles. The highest BCUT2D eigenvalue weighted by Gasteiger charge is 2.23. The number of aliphatic imine (C=N–C) groups is 1. The van der Waals surface area contributed by atoms with Gasteiger partial charge in [0.2, 0.25) is 0 Å². The molecule has 148 valence electrons. The molecule has 6 nitrogen and oxygen atoms in total. The van der Waals surface area contributed by atoms with Crippen LogP contribution < -0.4 is 10.6 Å². The van der Waals surface area contributed by atoms with Crippen molar-refractivity contribution in [2.24, 2.45) is 4.99 Å². The van der Waals surface area contributed by atoms with E-state index in [4.69, 9.17) is 11.6 Å². The number of amides is 2. The number of Topliss-reactive ketones (excluding diaryl/α,β-unsaturated/α-hetero) is 1. The number of ketones is 1. The Morgan fingerprint density at radius 3 is 2.45 bits per heavy atom. The number of halogens is 1. The molecule has 2 aromatic rings. The largest absolute Gasteiger partial charge is 0.354 e. The van der Waals surface area contributed by atoms with Crippen molar-refractivity contribution in [2.45, 2.75) is 19.8 Å². The van der Waals surface area contributed by atoms with Crippen molar-refractivity contribution in [3.8, 4) is 0 Å². The summed E-state index contributed by atoms with van der Waals surface area (Å²) in [5.41, 5.74) is 3.32. The summed E-state index contributed by atoms with van der Waals surface area (Å²) in [6.07, 6.45) is 2.07. The van der Waals surface area contributed by atoms with E-state index >= 15 is 0 Å². The van der Waals surface area contributed by atoms with Crippen molar-refractivity contribution in [1.82, 2.24) is 5.32 Å². The molecule has 1 heterocycles. The van der Waals surface area contributed by atoms with E-state index in [1.165, 1.54) is 13.3 Å². The van der Waals surface area contributed by atoms with Gasteiger partial charge in [-0.25, -0.2) is 0 Å². The third kappa shape index (κ3) is 4.78. The maximum atomic E-state index is 12.5. The summed E-state index contributed by atoms with van der Waals surface area (Å²) in [5.74, 6) is -0.805. The first-order valence-electron chi connectivity index (χ1n) is 9.06. The molecule has 7 heteroatoms. The van der Waals surface area contributed by atoms with E-state index in [0.29, 0.717) is 28.3 Å². The van der Waals surface area contributed by atoms with Gasteiger partial charge in [0.25, 0.3) is 11.8 Å². The highest BCUT2D eigenvalue weighted by atomic mass is 35.5. The van der Waals surface area contributed by atoms with E-state index in [9.17, 15) is 14.4 Å². The Bertz CT molecular complexity index is 1040. The van der Waals surface area contributed by atoms with Crippen LogP contribution in [0.4, 0.5) is 5.69 Å². The predicted molar refractivity (Wildman–Crippen MR) is 113 cm³/mol. The van der Waals surface area contributed by atoms with E-state index < -0.39 is 5.91 Å². The Balaban J connectivity index is 1.66. The number of nitrogens with one attached hydrogen (secondary N) is 2. The van der Waals surface area contributed by atoms with Gasteiger partial charge in [0.15, 0.2) is 5.78 Å². The average Bonchev–Trinajstić information content (AvgIpc) is 3.21. The molecule has 1 aliphatic rings. The molecule has 0 spiro atoms. The second-order valence-electron chi connectivity index (χ2n) is 6.64. The normalized spacial score (nSPS) is 12.8. The molecule has 0 unspecified atom stereocenters. The standard InChI is InChI=1S/C22H20ClN3O3/c1-13-3-6-15(12-18(13)23)19(27)11-14-4-7-16(8-5-14)26-21(28)17-9-10-25-20(17)22(29)24-2/h3-8,10,12H,9,11H2,1-2H3,(H,24,29)(H,26,28). The molecule has 2 aromatic carbocycles. The van der Waals surface area contributed by atoms with Crippen molar-refractivity contribution in [3.63, 3.8) is 0 Å². The lowest BCUT2D eigenvalue weighted by Gasteiger charge is -2.09. The Morgan fingerprint density at radius 1 is 1.07 bits per heavy atom. The van der Waals surface area contributed by atoms with E-state index in [1.807, 2.05) is 13.0 Å². The molecule has 0 saturated heterocycles. The van der Waals surface area contributed by atoms with Crippen LogP contribution in [0.25, 0.3) is 0 Å². The maximum Gasteiger partial charge on any atom is 0.270 e. The molecule has 2 N–H and O–H groups in total. The first-order chi connectivity index (χ1) is 13.9. The Hall–Kier alpha value is -3.25. The number of hydrogen-bond acceptors (Lipinski definition) is 4. The smallest absolute Gasteiger partial charge is 0.270 e. The minimum Gasteiger partial charge on any atom is -0.354 e. The number of likely N-dealkylation sites (N-methyl/N-ethyl adjacent to an activating group) is 1. The van der Waals surface area contributed by atoms with Crippen molar-refractivity contribution < 1.29 is 14.4 Å². The number of benzene rings is 2. The van der Waals surface area contributed by atoms with Crippen LogP contribution in [0.2, 0.25) is 5.02 Å². The van der Waals surface area contributed by atoms with Gasteiger partial charge in [0.1, 0.15) is 5.70 Å². The lowest BCUT2D eigenvalue weighted by atomic mass is 10.0. The number of rotatable bonds is 6. The fourth-order valence-corrected chi connectivity index (χ4v) is 3.06. The summed E-state index contributed by atoms with van der Waals surface area (Å²) in [4.78, 5) is 40.7. The van der Waals surface area contributed by atoms with E-state index in [1.54, 1.807) is 36.4 Å². The number of aryl methyl sites for hydroxylation is 1. The van der Waals surface area contributed by atoms with E-state index in [2.05, 4.69) is 15.6 Å². The topological polar surface area (TPSA) is 87.6 Å². The van der Waals surface area contributed by atoms with Gasteiger partial charge in [-0.15, -0.1) is 0 Å². The molecule has 0 atom stereocenters. The van der Waals surface area contributed by atoms with Gasteiger partial charge in [0, 0.05) is 42.4 Å². The van der Waals surface area contributed by atoms with Crippen molar-refractivity contribution >= 4 is 41.1 Å². The summed E-state index contributed by atoms with van der Waals surface area (Å²) >= 11 is 6.09. The van der Waals surface area contributed by atoms with Gasteiger partial charge in [0.05, 0.1) is 5.57 Å². The zero-order valence-electron chi connectivity index (χ0n) is 16.1. The van der Waals surface area contributed by atoms with Gasteiger partial charge in [-0.2, -0.15) is 0 Å². The molecule has 0 bridgehead atoms. The molecule has 29 heavy (non-hydrogen) atoms. The highest BCUT2D eigenvalue weighted by Crippen LogP contribution is 2.21. The summed E-state index contributed by atoms with van der Waals surface area (Å²) in [6.45, 7) is 1.88. The second-order valence-corrected chi connectivity index (χ2v) is 7.04. The van der Waals surface area contributed by atoms with Crippen LogP contribution in [-0.4, -0.2) is 30.9 Å². The average molecular weight is 410 g/mol. The van der Waals surface area contributed by atoms with E-state index in [0.717, 1.165) is 11.1 Å². The van der Waals surface area contributed by atoms with Gasteiger partial charge in [-0.3, -0.25) is 19.4 Å². The van der Waals surface area contributed by atoms with Crippen molar-refractivity contribution in [1.29, 1.82) is 0 Å². The zero-order valence-corrected chi connectivity index (χ0v) is 16.8. The Morgan fingerprint density at radius 2 is 1.79 bits per heavy atom. The van der Waals surface area contributed by atoms with Crippen LogP contribution in [0.3, 0.4) is 0 Å². The van der Waals surface area contributed by atoms with Crippen LogP contribution >= 0.6 is 11.6 Å². The van der Waals surface area contributed by atoms with Gasteiger partial charge in [-0.05, 0) is 36.2 Å². The Kier molecular flexibility index (Phi) is 6.24. The molecule has 3 rings (SSSR count). The predicted octanol–water partition coefficient (Wildman–Crippen LogP) is 3.49. The molecule has 0 aromatic heterocycles. The summed E-state index contributed by atoms with van der Waals surface area (Å²) in [6, 6.07) is 12.3. The van der Waals surface area contributed by atoms with Crippen LogP contribution in [-0.2, 0) is 16.0 Å². The van der Waals surface area contributed by atoms with Crippen LogP contribution in [0.1, 0.15) is 27.9 Å². The zero-order chi connectivity index (χ0) is 21.0. The quantitative estimate of drug-likeness (QED) is 0.716. The second kappa shape index (κ2) is 8.84. The molecule has 0 saturated carbocycles.